The molecule has 0 atom stereocenters. The van der Waals surface area contributed by atoms with Gasteiger partial charge < -0.3 is 5.73 Å². The van der Waals surface area contributed by atoms with E-state index < -0.39 is 10.0 Å². The lowest BCUT2D eigenvalue weighted by Gasteiger charge is -2.08. The molecule has 21 heavy (non-hydrogen) atoms. The molecule has 0 fully saturated rings. The zero-order valence-electron chi connectivity index (χ0n) is 11.0. The molecule has 2 aromatic rings. The highest BCUT2D eigenvalue weighted by molar-refractivity contribution is 7.89. The van der Waals surface area contributed by atoms with Crippen molar-refractivity contribution in [2.75, 3.05) is 12.3 Å². The number of nitrogens with two attached hydrogens (primary N) is 1. The summed E-state index contributed by atoms with van der Waals surface area (Å²) >= 11 is 11.6. The molecule has 4 nitrogen and oxygen atoms in total. The molecule has 0 aliphatic carbocycles. The average molecular weight is 345 g/mol. The van der Waals surface area contributed by atoms with Crippen LogP contribution in [0.15, 0.2) is 47.4 Å². The van der Waals surface area contributed by atoms with Gasteiger partial charge in [0.2, 0.25) is 10.0 Å². The largest absolute Gasteiger partial charge is 0.398 e. The molecule has 0 spiro atoms. The van der Waals surface area contributed by atoms with E-state index in [2.05, 4.69) is 4.72 Å². The lowest BCUT2D eigenvalue weighted by molar-refractivity contribution is 0.581. The fourth-order valence-electron chi connectivity index (χ4n) is 1.74. The predicted molar refractivity (Wildman–Crippen MR) is 86.2 cm³/mol. The summed E-state index contributed by atoms with van der Waals surface area (Å²) in [5.41, 5.74) is 6.90. The number of anilines is 1. The van der Waals surface area contributed by atoms with Gasteiger partial charge in [0.05, 0.1) is 15.6 Å². The van der Waals surface area contributed by atoms with Crippen LogP contribution in [0.5, 0.6) is 0 Å². The Balaban J connectivity index is 2.01. The van der Waals surface area contributed by atoms with Crippen LogP contribution >= 0.6 is 23.2 Å². The molecule has 0 aromatic heterocycles. The number of nitrogen functional groups attached to an aromatic ring is 1. The van der Waals surface area contributed by atoms with Gasteiger partial charge in [0.25, 0.3) is 0 Å². The summed E-state index contributed by atoms with van der Waals surface area (Å²) in [4.78, 5) is 0.0952. The van der Waals surface area contributed by atoms with Gasteiger partial charge in [-0.05, 0) is 42.3 Å². The van der Waals surface area contributed by atoms with Crippen molar-refractivity contribution in [2.24, 2.45) is 0 Å². The van der Waals surface area contributed by atoms with Gasteiger partial charge in [-0.15, -0.1) is 0 Å². The van der Waals surface area contributed by atoms with Gasteiger partial charge >= 0.3 is 0 Å². The van der Waals surface area contributed by atoms with Crippen LogP contribution in [0.3, 0.4) is 0 Å². The third kappa shape index (κ3) is 4.35. The van der Waals surface area contributed by atoms with Gasteiger partial charge in [0.1, 0.15) is 0 Å². The van der Waals surface area contributed by atoms with Crippen LogP contribution in [-0.2, 0) is 16.4 Å². The number of benzene rings is 2. The van der Waals surface area contributed by atoms with Crippen molar-refractivity contribution in [2.45, 2.75) is 11.3 Å². The normalized spacial score (nSPS) is 11.5. The fourth-order valence-corrected chi connectivity index (χ4v) is 3.17. The Morgan fingerprint density at radius 3 is 2.33 bits per heavy atom. The van der Waals surface area contributed by atoms with E-state index >= 15 is 0 Å². The van der Waals surface area contributed by atoms with E-state index in [4.69, 9.17) is 28.9 Å². The van der Waals surface area contributed by atoms with Crippen molar-refractivity contribution in [1.82, 2.24) is 4.72 Å². The summed E-state index contributed by atoms with van der Waals surface area (Å²) in [7, 11) is -3.59. The first-order chi connectivity index (χ1) is 9.88. The lowest BCUT2D eigenvalue weighted by atomic mass is 10.2. The van der Waals surface area contributed by atoms with E-state index in [1.165, 1.54) is 18.2 Å². The molecule has 0 saturated heterocycles. The predicted octanol–water partition coefficient (Wildman–Crippen LogP) is 3.10. The van der Waals surface area contributed by atoms with Gasteiger partial charge in [-0.25, -0.2) is 13.1 Å². The van der Waals surface area contributed by atoms with Crippen molar-refractivity contribution in [3.05, 3.63) is 58.1 Å². The molecule has 0 aliphatic rings. The Labute approximate surface area is 133 Å². The summed E-state index contributed by atoms with van der Waals surface area (Å²) in [6.45, 7) is 0.284. The minimum atomic E-state index is -3.59. The third-order valence-corrected chi connectivity index (χ3v) is 4.94. The molecule has 112 valence electrons. The molecule has 0 aliphatic heterocycles. The standard InChI is InChI=1S/C14H14Cl2N2O2S/c15-11-3-1-10(2-4-11)7-8-18-21(19,20)12-5-6-14(17)13(16)9-12/h1-6,9,18H,7-8,17H2. The Kier molecular flexibility index (Phi) is 5.11. The van der Waals surface area contributed by atoms with E-state index in [9.17, 15) is 8.42 Å². The molecule has 3 N–H and O–H groups in total. The second kappa shape index (κ2) is 6.66. The average Bonchev–Trinajstić information content (AvgIpc) is 2.44. The van der Waals surface area contributed by atoms with Crippen molar-refractivity contribution < 1.29 is 8.42 Å². The van der Waals surface area contributed by atoms with Gasteiger partial charge in [0, 0.05) is 11.6 Å². The molecule has 2 aromatic carbocycles. The number of hydrogen-bond acceptors (Lipinski definition) is 3. The first-order valence-electron chi connectivity index (χ1n) is 6.17. The quantitative estimate of drug-likeness (QED) is 0.818. The summed E-state index contributed by atoms with van der Waals surface area (Å²) in [5, 5.41) is 0.867. The Morgan fingerprint density at radius 2 is 1.71 bits per heavy atom. The van der Waals surface area contributed by atoms with Crippen LogP contribution in [-0.4, -0.2) is 15.0 Å². The number of halogens is 2. The van der Waals surface area contributed by atoms with Crippen molar-refractivity contribution >= 4 is 38.9 Å². The zero-order valence-corrected chi connectivity index (χ0v) is 13.3. The van der Waals surface area contributed by atoms with Crippen LogP contribution in [0.1, 0.15) is 5.56 Å². The summed E-state index contributed by atoms with van der Waals surface area (Å²) in [6.07, 6.45) is 0.569. The molecule has 2 rings (SSSR count). The molecule has 7 heteroatoms. The highest BCUT2D eigenvalue weighted by Crippen LogP contribution is 2.22. The monoisotopic (exact) mass is 344 g/mol. The van der Waals surface area contributed by atoms with Crippen molar-refractivity contribution in [1.29, 1.82) is 0 Å². The number of nitrogens with one attached hydrogen (secondary N) is 1. The van der Waals surface area contributed by atoms with E-state index in [-0.39, 0.29) is 16.5 Å². The molecular formula is C14H14Cl2N2O2S. The van der Waals surface area contributed by atoms with Crippen LogP contribution in [0, 0.1) is 0 Å². The van der Waals surface area contributed by atoms with E-state index in [1.807, 2.05) is 12.1 Å². The van der Waals surface area contributed by atoms with Crippen LogP contribution in [0.4, 0.5) is 5.69 Å². The lowest BCUT2D eigenvalue weighted by Crippen LogP contribution is -2.26. The molecule has 0 saturated carbocycles. The van der Waals surface area contributed by atoms with Crippen molar-refractivity contribution in [3.8, 4) is 0 Å². The van der Waals surface area contributed by atoms with Gasteiger partial charge in [-0.1, -0.05) is 35.3 Å². The maximum atomic E-state index is 12.1. The number of hydrogen-bond donors (Lipinski definition) is 2. The number of sulfonamides is 1. The highest BCUT2D eigenvalue weighted by atomic mass is 35.5. The third-order valence-electron chi connectivity index (χ3n) is 2.90. The molecule has 0 heterocycles. The van der Waals surface area contributed by atoms with Crippen molar-refractivity contribution in [3.63, 3.8) is 0 Å². The topological polar surface area (TPSA) is 72.2 Å². The van der Waals surface area contributed by atoms with E-state index in [1.54, 1.807) is 12.1 Å². The maximum absolute atomic E-state index is 12.1. The first kappa shape index (κ1) is 16.1. The SMILES string of the molecule is Nc1ccc(S(=O)(=O)NCCc2ccc(Cl)cc2)cc1Cl. The maximum Gasteiger partial charge on any atom is 0.240 e. The minimum Gasteiger partial charge on any atom is -0.398 e. The van der Waals surface area contributed by atoms with Gasteiger partial charge in [-0.3, -0.25) is 0 Å². The Hall–Kier alpha value is -1.27. The van der Waals surface area contributed by atoms with Crippen LogP contribution in [0.25, 0.3) is 0 Å². The highest BCUT2D eigenvalue weighted by Gasteiger charge is 2.14. The number of rotatable bonds is 5. The summed E-state index contributed by atoms with van der Waals surface area (Å²) in [5.74, 6) is 0. The fraction of sp³-hybridized carbons (Fsp3) is 0.143. The second-order valence-electron chi connectivity index (χ2n) is 4.46. The second-order valence-corrected chi connectivity index (χ2v) is 7.07. The molecule has 0 unspecified atom stereocenters. The van der Waals surface area contributed by atoms with E-state index in [0.29, 0.717) is 17.1 Å². The zero-order chi connectivity index (χ0) is 15.5. The molecule has 0 radical (unpaired) electrons. The first-order valence-corrected chi connectivity index (χ1v) is 8.41. The Bertz CT molecular complexity index is 731. The molecule has 0 bridgehead atoms. The van der Waals surface area contributed by atoms with Crippen LogP contribution in [0.2, 0.25) is 10.0 Å². The summed E-state index contributed by atoms with van der Waals surface area (Å²) < 4.78 is 26.7. The van der Waals surface area contributed by atoms with Gasteiger partial charge in [0.15, 0.2) is 0 Å². The van der Waals surface area contributed by atoms with Crippen LogP contribution < -0.4 is 10.5 Å². The smallest absolute Gasteiger partial charge is 0.240 e. The molecule has 0 amide bonds. The minimum absolute atomic E-state index is 0.0952. The Morgan fingerprint density at radius 1 is 1.05 bits per heavy atom. The summed E-state index contributed by atoms with van der Waals surface area (Å²) in [6, 6.07) is 11.5. The van der Waals surface area contributed by atoms with E-state index in [0.717, 1.165) is 5.56 Å². The van der Waals surface area contributed by atoms with Gasteiger partial charge in [-0.2, -0.15) is 0 Å². The molecular weight excluding hydrogens is 331 g/mol.